The molecule has 0 aliphatic carbocycles. The SMILES string of the molecule is OB(O)OCCCCCC(c1ccccc1)(c1ccccc1)c1ccccc1. The predicted octanol–water partition coefficient (Wildman–Crippen LogP) is 4.57. The molecular formula is C24H27BO3. The molecule has 0 amide bonds. The third-order valence-corrected chi connectivity index (χ3v) is 5.26. The molecule has 2 N–H and O–H groups in total. The summed E-state index contributed by atoms with van der Waals surface area (Å²) >= 11 is 0. The topological polar surface area (TPSA) is 49.7 Å². The van der Waals surface area contributed by atoms with Crippen LogP contribution in [0.15, 0.2) is 91.0 Å². The van der Waals surface area contributed by atoms with E-state index in [9.17, 15) is 0 Å². The molecule has 0 radical (unpaired) electrons. The van der Waals surface area contributed by atoms with Crippen molar-refractivity contribution < 1.29 is 14.7 Å². The summed E-state index contributed by atoms with van der Waals surface area (Å²) in [6, 6.07) is 32.1. The van der Waals surface area contributed by atoms with Gasteiger partial charge in [0.05, 0.1) is 0 Å². The van der Waals surface area contributed by atoms with Crippen LogP contribution < -0.4 is 0 Å². The smallest absolute Gasteiger partial charge is 0.402 e. The summed E-state index contributed by atoms with van der Waals surface area (Å²) in [5.41, 5.74) is 3.64. The molecular weight excluding hydrogens is 347 g/mol. The van der Waals surface area contributed by atoms with Crippen LogP contribution in [-0.2, 0) is 10.1 Å². The zero-order valence-electron chi connectivity index (χ0n) is 16.1. The molecule has 144 valence electrons. The van der Waals surface area contributed by atoms with E-state index in [4.69, 9.17) is 14.7 Å². The summed E-state index contributed by atoms with van der Waals surface area (Å²) < 4.78 is 4.84. The lowest BCUT2D eigenvalue weighted by molar-refractivity contribution is 0.181. The van der Waals surface area contributed by atoms with Crippen LogP contribution in [0, 0.1) is 0 Å². The van der Waals surface area contributed by atoms with Crippen LogP contribution in [0.1, 0.15) is 42.4 Å². The van der Waals surface area contributed by atoms with Gasteiger partial charge in [0.15, 0.2) is 0 Å². The van der Waals surface area contributed by atoms with Crippen molar-refractivity contribution in [3.63, 3.8) is 0 Å². The van der Waals surface area contributed by atoms with E-state index in [2.05, 4.69) is 91.0 Å². The van der Waals surface area contributed by atoms with Gasteiger partial charge in [0, 0.05) is 12.0 Å². The molecule has 4 heteroatoms. The molecule has 0 spiro atoms. The van der Waals surface area contributed by atoms with Crippen LogP contribution >= 0.6 is 0 Å². The van der Waals surface area contributed by atoms with Crippen LogP contribution in [0.2, 0.25) is 0 Å². The molecule has 3 nitrogen and oxygen atoms in total. The highest BCUT2D eigenvalue weighted by molar-refractivity contribution is 6.32. The van der Waals surface area contributed by atoms with E-state index in [1.165, 1.54) is 16.7 Å². The van der Waals surface area contributed by atoms with Crippen molar-refractivity contribution >= 4 is 7.32 Å². The Morgan fingerprint density at radius 2 is 1.04 bits per heavy atom. The van der Waals surface area contributed by atoms with Gasteiger partial charge in [-0.15, -0.1) is 0 Å². The first-order valence-corrected chi connectivity index (χ1v) is 9.88. The van der Waals surface area contributed by atoms with Gasteiger partial charge in [-0.2, -0.15) is 0 Å². The zero-order chi connectivity index (χ0) is 19.7. The predicted molar refractivity (Wildman–Crippen MR) is 114 cm³/mol. The van der Waals surface area contributed by atoms with Gasteiger partial charge in [-0.05, 0) is 29.5 Å². The number of hydrogen-bond donors (Lipinski definition) is 2. The number of rotatable bonds is 10. The van der Waals surface area contributed by atoms with Gasteiger partial charge in [0.25, 0.3) is 0 Å². The lowest BCUT2D eigenvalue weighted by atomic mass is 9.66. The Balaban J connectivity index is 1.93. The van der Waals surface area contributed by atoms with Gasteiger partial charge >= 0.3 is 7.32 Å². The Morgan fingerprint density at radius 1 is 0.607 bits per heavy atom. The van der Waals surface area contributed by atoms with Gasteiger partial charge in [0.2, 0.25) is 0 Å². The average molecular weight is 374 g/mol. The van der Waals surface area contributed by atoms with Crippen LogP contribution in [0.4, 0.5) is 0 Å². The van der Waals surface area contributed by atoms with Gasteiger partial charge in [-0.25, -0.2) is 0 Å². The Hall–Kier alpha value is -2.40. The van der Waals surface area contributed by atoms with E-state index in [1.54, 1.807) is 0 Å². The molecule has 0 bridgehead atoms. The third-order valence-electron chi connectivity index (χ3n) is 5.26. The van der Waals surface area contributed by atoms with Crippen LogP contribution in [-0.4, -0.2) is 24.0 Å². The van der Waals surface area contributed by atoms with Gasteiger partial charge < -0.3 is 14.7 Å². The fourth-order valence-electron chi connectivity index (χ4n) is 3.96. The molecule has 0 aliphatic heterocycles. The molecule has 0 atom stereocenters. The fourth-order valence-corrected chi connectivity index (χ4v) is 3.96. The maximum atomic E-state index is 8.82. The second-order valence-electron chi connectivity index (χ2n) is 7.01. The molecule has 0 aromatic heterocycles. The summed E-state index contributed by atoms with van der Waals surface area (Å²) in [4.78, 5) is 0. The summed E-state index contributed by atoms with van der Waals surface area (Å²) in [5.74, 6) is 0. The number of benzene rings is 3. The second kappa shape index (κ2) is 10.2. The Bertz CT molecular complexity index is 710. The lowest BCUT2D eigenvalue weighted by Gasteiger charge is -2.36. The molecule has 0 heterocycles. The maximum Gasteiger partial charge on any atom is 0.633 e. The van der Waals surface area contributed by atoms with Crippen molar-refractivity contribution in [2.24, 2.45) is 0 Å². The molecule has 3 rings (SSSR count). The molecule has 0 aliphatic rings. The summed E-state index contributed by atoms with van der Waals surface area (Å²) in [5, 5.41) is 17.6. The molecule has 0 saturated heterocycles. The standard InChI is InChI=1S/C24H27BO3/c26-25(27)28-20-12-4-11-19-24(21-13-5-1-6-14-21,22-15-7-2-8-16-22)23-17-9-3-10-18-23/h1-3,5-10,13-18,26-27H,4,11-12,19-20H2. The fraction of sp³-hybridized carbons (Fsp3) is 0.250. The van der Waals surface area contributed by atoms with Crippen LogP contribution in [0.5, 0.6) is 0 Å². The zero-order valence-corrected chi connectivity index (χ0v) is 16.1. The minimum Gasteiger partial charge on any atom is -0.402 e. The van der Waals surface area contributed by atoms with Crippen molar-refractivity contribution in [2.75, 3.05) is 6.61 Å². The molecule has 0 unspecified atom stereocenters. The third kappa shape index (κ3) is 4.90. The first-order valence-electron chi connectivity index (χ1n) is 9.88. The van der Waals surface area contributed by atoms with Crippen molar-refractivity contribution in [1.29, 1.82) is 0 Å². The van der Waals surface area contributed by atoms with Gasteiger partial charge in [0.1, 0.15) is 0 Å². The normalized spacial score (nSPS) is 11.4. The van der Waals surface area contributed by atoms with Crippen LogP contribution in [0.25, 0.3) is 0 Å². The maximum absolute atomic E-state index is 8.82. The molecule has 3 aromatic carbocycles. The minimum atomic E-state index is -1.68. The molecule has 0 fully saturated rings. The van der Waals surface area contributed by atoms with Crippen LogP contribution in [0.3, 0.4) is 0 Å². The second-order valence-corrected chi connectivity index (χ2v) is 7.01. The van der Waals surface area contributed by atoms with Crippen molar-refractivity contribution in [1.82, 2.24) is 0 Å². The number of unbranched alkanes of at least 4 members (excludes halogenated alkanes) is 2. The highest BCUT2D eigenvalue weighted by Crippen LogP contribution is 2.43. The Kier molecular flexibility index (Phi) is 7.43. The Labute approximate surface area is 167 Å². The van der Waals surface area contributed by atoms with E-state index >= 15 is 0 Å². The highest BCUT2D eigenvalue weighted by atomic mass is 16.6. The molecule has 3 aromatic rings. The van der Waals surface area contributed by atoms with Gasteiger partial charge in [-0.1, -0.05) is 104 Å². The highest BCUT2D eigenvalue weighted by Gasteiger charge is 2.35. The average Bonchev–Trinajstić information content (AvgIpc) is 2.75. The summed E-state index contributed by atoms with van der Waals surface area (Å²) in [7, 11) is -1.68. The van der Waals surface area contributed by atoms with E-state index in [0.29, 0.717) is 6.61 Å². The van der Waals surface area contributed by atoms with E-state index in [0.717, 1.165) is 25.7 Å². The molecule has 0 saturated carbocycles. The first-order chi connectivity index (χ1) is 13.7. The Morgan fingerprint density at radius 3 is 1.43 bits per heavy atom. The minimum absolute atomic E-state index is 0.221. The molecule has 28 heavy (non-hydrogen) atoms. The first kappa shape index (κ1) is 20.3. The summed E-state index contributed by atoms with van der Waals surface area (Å²) in [6.07, 6.45) is 3.73. The van der Waals surface area contributed by atoms with Crippen molar-refractivity contribution in [3.05, 3.63) is 108 Å². The van der Waals surface area contributed by atoms with Gasteiger partial charge in [-0.3, -0.25) is 0 Å². The number of hydrogen-bond acceptors (Lipinski definition) is 3. The quantitative estimate of drug-likeness (QED) is 0.311. The van der Waals surface area contributed by atoms with Crippen molar-refractivity contribution in [3.8, 4) is 0 Å². The van der Waals surface area contributed by atoms with E-state index < -0.39 is 7.32 Å². The monoisotopic (exact) mass is 374 g/mol. The van der Waals surface area contributed by atoms with E-state index in [1.807, 2.05) is 0 Å². The van der Waals surface area contributed by atoms with Crippen molar-refractivity contribution in [2.45, 2.75) is 31.1 Å². The summed E-state index contributed by atoms with van der Waals surface area (Å²) in [6.45, 7) is 0.354. The lowest BCUT2D eigenvalue weighted by Crippen LogP contribution is -2.29. The largest absolute Gasteiger partial charge is 0.633 e. The van der Waals surface area contributed by atoms with E-state index in [-0.39, 0.29) is 5.41 Å².